The number of imidazole rings is 1. The van der Waals surface area contributed by atoms with Crippen molar-refractivity contribution < 1.29 is 4.79 Å². The maximum atomic E-state index is 13.8. The van der Waals surface area contributed by atoms with Crippen molar-refractivity contribution >= 4 is 45.3 Å². The largest absolute Gasteiger partial charge is 0.361 e. The van der Waals surface area contributed by atoms with Crippen LogP contribution in [-0.4, -0.2) is 20.3 Å². The van der Waals surface area contributed by atoms with E-state index in [1.165, 1.54) is 0 Å². The summed E-state index contributed by atoms with van der Waals surface area (Å²) in [7, 11) is 0. The SMILES string of the molecule is O=C1C[C@H](c2cccc(Cl)c2)CC2=C1[C@H](c1c[nH]c3ccccc13)n1c(nc3ccccc31)N2. The van der Waals surface area contributed by atoms with Crippen molar-refractivity contribution in [3.8, 4) is 0 Å². The van der Waals surface area contributed by atoms with Gasteiger partial charge in [0.05, 0.1) is 17.1 Å². The molecule has 5 aromatic rings. The van der Waals surface area contributed by atoms with Crippen LogP contribution in [0.1, 0.15) is 35.9 Å². The number of carbonyl (C=O) groups is 1. The first kappa shape index (κ1) is 19.6. The smallest absolute Gasteiger partial charge is 0.209 e. The zero-order valence-electron chi connectivity index (χ0n) is 18.3. The number of hydrogen-bond acceptors (Lipinski definition) is 3. The molecule has 0 radical (unpaired) electrons. The average Bonchev–Trinajstić information content (AvgIpc) is 3.44. The fourth-order valence-electron chi connectivity index (χ4n) is 5.64. The van der Waals surface area contributed by atoms with E-state index in [0.717, 1.165) is 56.7 Å². The number of aromatic nitrogens is 3. The van der Waals surface area contributed by atoms with Crippen LogP contribution in [0.2, 0.25) is 5.02 Å². The molecule has 2 aromatic heterocycles. The first-order chi connectivity index (χ1) is 16.7. The van der Waals surface area contributed by atoms with Gasteiger partial charge in [0.15, 0.2) is 5.78 Å². The lowest BCUT2D eigenvalue weighted by molar-refractivity contribution is -0.116. The van der Waals surface area contributed by atoms with Crippen molar-refractivity contribution in [2.24, 2.45) is 0 Å². The fraction of sp³-hybridized carbons (Fsp3) is 0.143. The van der Waals surface area contributed by atoms with Crippen LogP contribution >= 0.6 is 11.6 Å². The highest BCUT2D eigenvalue weighted by Crippen LogP contribution is 2.47. The standard InChI is InChI=1S/C28H21ClN4O/c29-18-7-5-6-16(12-18)17-13-23-26(25(34)14-17)27(20-15-30-21-9-2-1-8-19(20)21)33-24-11-4-3-10-22(24)31-28(33)32-23/h1-12,15,17,27,30H,13-14H2,(H,31,32)/t17-,27+/m1/s1. The summed E-state index contributed by atoms with van der Waals surface area (Å²) in [5.74, 6) is 1.02. The van der Waals surface area contributed by atoms with Crippen LogP contribution < -0.4 is 5.32 Å². The zero-order chi connectivity index (χ0) is 22.8. The van der Waals surface area contributed by atoms with Gasteiger partial charge in [0.25, 0.3) is 0 Å². The molecule has 166 valence electrons. The first-order valence-corrected chi connectivity index (χ1v) is 11.9. The molecule has 0 bridgehead atoms. The molecule has 0 fully saturated rings. The molecule has 34 heavy (non-hydrogen) atoms. The van der Waals surface area contributed by atoms with Gasteiger partial charge in [0, 0.05) is 45.4 Å². The van der Waals surface area contributed by atoms with Gasteiger partial charge in [-0.25, -0.2) is 4.98 Å². The predicted octanol–water partition coefficient (Wildman–Crippen LogP) is 6.59. The molecule has 2 atom stereocenters. The molecule has 7 rings (SSSR count). The molecule has 0 saturated carbocycles. The number of anilines is 1. The number of benzene rings is 3. The number of Topliss-reactive ketones (excluding diaryl/α,β-unsaturated/α-hetero) is 1. The Bertz CT molecular complexity index is 1640. The van der Waals surface area contributed by atoms with Crippen LogP contribution in [0, 0.1) is 0 Å². The van der Waals surface area contributed by atoms with Gasteiger partial charge in [-0.2, -0.15) is 0 Å². The summed E-state index contributed by atoms with van der Waals surface area (Å²) >= 11 is 6.27. The second kappa shape index (κ2) is 7.34. The maximum absolute atomic E-state index is 13.8. The monoisotopic (exact) mass is 464 g/mol. The highest BCUT2D eigenvalue weighted by Gasteiger charge is 2.40. The van der Waals surface area contributed by atoms with Crippen molar-refractivity contribution in [3.63, 3.8) is 0 Å². The van der Waals surface area contributed by atoms with Crippen LogP contribution in [0.4, 0.5) is 5.95 Å². The van der Waals surface area contributed by atoms with Crippen molar-refractivity contribution in [3.05, 3.63) is 106 Å². The molecule has 2 N–H and O–H groups in total. The van der Waals surface area contributed by atoms with E-state index in [1.54, 1.807) is 0 Å². The molecule has 0 unspecified atom stereocenters. The third-order valence-corrected chi connectivity index (χ3v) is 7.37. The van der Waals surface area contributed by atoms with Gasteiger partial charge in [0.2, 0.25) is 5.95 Å². The molecular weight excluding hydrogens is 444 g/mol. The van der Waals surface area contributed by atoms with Gasteiger partial charge in [-0.15, -0.1) is 0 Å². The first-order valence-electron chi connectivity index (χ1n) is 11.5. The number of rotatable bonds is 2. The van der Waals surface area contributed by atoms with E-state index in [1.807, 2.05) is 54.7 Å². The van der Waals surface area contributed by atoms with Gasteiger partial charge in [-0.1, -0.05) is 54.1 Å². The Balaban J connectivity index is 1.45. The summed E-state index contributed by atoms with van der Waals surface area (Å²) in [5.41, 5.74) is 6.95. The number of ketones is 1. The number of hydrogen-bond donors (Lipinski definition) is 2. The van der Waals surface area contributed by atoms with E-state index < -0.39 is 0 Å². The minimum Gasteiger partial charge on any atom is -0.361 e. The molecule has 1 aliphatic carbocycles. The van der Waals surface area contributed by atoms with Gasteiger partial charge < -0.3 is 10.3 Å². The lowest BCUT2D eigenvalue weighted by Gasteiger charge is -2.36. The normalized spacial score (nSPS) is 19.9. The molecule has 5 nitrogen and oxygen atoms in total. The van der Waals surface area contributed by atoms with Crippen molar-refractivity contribution in [2.45, 2.75) is 24.8 Å². The van der Waals surface area contributed by atoms with Crippen LogP contribution in [-0.2, 0) is 4.79 Å². The van der Waals surface area contributed by atoms with Gasteiger partial charge >= 0.3 is 0 Å². The summed E-state index contributed by atoms with van der Waals surface area (Å²) in [5, 5.41) is 5.35. The maximum Gasteiger partial charge on any atom is 0.209 e. The summed E-state index contributed by atoms with van der Waals surface area (Å²) in [4.78, 5) is 22.1. The predicted molar refractivity (Wildman–Crippen MR) is 135 cm³/mol. The summed E-state index contributed by atoms with van der Waals surface area (Å²) in [6.07, 6.45) is 3.24. The molecule has 6 heteroatoms. The Morgan fingerprint density at radius 2 is 1.82 bits per heavy atom. The second-order valence-electron chi connectivity index (χ2n) is 9.09. The molecule has 1 aliphatic heterocycles. The number of halogens is 1. The third-order valence-electron chi connectivity index (χ3n) is 7.13. The number of para-hydroxylation sites is 3. The number of fused-ring (bicyclic) bond motifs is 4. The van der Waals surface area contributed by atoms with E-state index >= 15 is 0 Å². The molecule has 0 saturated heterocycles. The van der Waals surface area contributed by atoms with Crippen LogP contribution in [0.5, 0.6) is 0 Å². The zero-order valence-corrected chi connectivity index (χ0v) is 19.0. The number of carbonyl (C=O) groups excluding carboxylic acids is 1. The molecule has 2 aliphatic rings. The van der Waals surface area contributed by atoms with E-state index in [0.29, 0.717) is 11.4 Å². The van der Waals surface area contributed by atoms with Crippen molar-refractivity contribution in [1.82, 2.24) is 14.5 Å². The number of nitrogens with one attached hydrogen (secondary N) is 2. The quantitative estimate of drug-likeness (QED) is 0.310. The Kier molecular flexibility index (Phi) is 4.23. The Morgan fingerprint density at radius 3 is 2.74 bits per heavy atom. The molecule has 3 aromatic carbocycles. The highest BCUT2D eigenvalue weighted by atomic mass is 35.5. The Hall–Kier alpha value is -3.83. The van der Waals surface area contributed by atoms with Gasteiger partial charge in [-0.3, -0.25) is 9.36 Å². The second-order valence-corrected chi connectivity index (χ2v) is 9.52. The van der Waals surface area contributed by atoms with Crippen LogP contribution in [0.3, 0.4) is 0 Å². The fourth-order valence-corrected chi connectivity index (χ4v) is 5.83. The third kappa shape index (κ3) is 2.87. The minimum absolute atomic E-state index is 0.0806. The summed E-state index contributed by atoms with van der Waals surface area (Å²) in [6, 6.07) is 24.0. The Labute approximate surface area is 201 Å². The number of aromatic amines is 1. The van der Waals surface area contributed by atoms with Gasteiger partial charge in [0.1, 0.15) is 0 Å². The Morgan fingerprint density at radius 1 is 0.971 bits per heavy atom. The average molecular weight is 465 g/mol. The molecule has 0 amide bonds. The summed E-state index contributed by atoms with van der Waals surface area (Å²) in [6.45, 7) is 0. The van der Waals surface area contributed by atoms with E-state index in [2.05, 4.69) is 39.1 Å². The van der Waals surface area contributed by atoms with E-state index in [9.17, 15) is 4.79 Å². The molecule has 0 spiro atoms. The lowest BCUT2D eigenvalue weighted by Crippen LogP contribution is -2.33. The number of allylic oxidation sites excluding steroid dienone is 2. The topological polar surface area (TPSA) is 62.7 Å². The summed E-state index contributed by atoms with van der Waals surface area (Å²) < 4.78 is 2.18. The van der Waals surface area contributed by atoms with E-state index in [4.69, 9.17) is 16.6 Å². The van der Waals surface area contributed by atoms with Gasteiger partial charge in [-0.05, 0) is 48.2 Å². The van der Waals surface area contributed by atoms with Crippen LogP contribution in [0.25, 0.3) is 21.9 Å². The number of nitrogens with zero attached hydrogens (tertiary/aromatic N) is 2. The van der Waals surface area contributed by atoms with Crippen molar-refractivity contribution in [2.75, 3.05) is 5.32 Å². The number of H-pyrrole nitrogens is 1. The molecule has 3 heterocycles. The van der Waals surface area contributed by atoms with Crippen LogP contribution in [0.15, 0.2) is 90.3 Å². The minimum atomic E-state index is -0.248. The van der Waals surface area contributed by atoms with E-state index in [-0.39, 0.29) is 17.7 Å². The lowest BCUT2D eigenvalue weighted by atomic mass is 9.77. The van der Waals surface area contributed by atoms with Crippen molar-refractivity contribution in [1.29, 1.82) is 0 Å². The highest BCUT2D eigenvalue weighted by molar-refractivity contribution is 6.30. The molecular formula is C28H21ClN4O.